The van der Waals surface area contributed by atoms with Crippen molar-refractivity contribution in [3.05, 3.63) is 29.8 Å². The van der Waals surface area contributed by atoms with Gasteiger partial charge in [-0.15, -0.1) is 0 Å². The zero-order chi connectivity index (χ0) is 31.8. The first-order valence-electron chi connectivity index (χ1n) is 15.3. The van der Waals surface area contributed by atoms with E-state index in [1.54, 1.807) is 12.1 Å². The Morgan fingerprint density at radius 3 is 0.932 bits per heavy atom. The summed E-state index contributed by atoms with van der Waals surface area (Å²) in [5.41, 5.74) is 0.976. The Morgan fingerprint density at radius 1 is 0.409 bits per heavy atom. The molecule has 0 saturated carbocycles. The van der Waals surface area contributed by atoms with E-state index >= 15 is 0 Å². The van der Waals surface area contributed by atoms with E-state index in [2.05, 4.69) is 6.92 Å². The summed E-state index contributed by atoms with van der Waals surface area (Å²) in [5, 5.41) is 0. The predicted octanol–water partition coefficient (Wildman–Crippen LogP) is 2.28. The lowest BCUT2D eigenvalue weighted by Crippen LogP contribution is -2.15. The SMILES string of the molecule is CCCOCCOCCOCCOCCOCCOCCOCCOCCOCCOCCOS(=O)(=O)c1ccc(C)cc1. The van der Waals surface area contributed by atoms with E-state index in [0.29, 0.717) is 119 Å². The minimum atomic E-state index is -3.77. The van der Waals surface area contributed by atoms with Crippen LogP contribution in [-0.2, 0) is 61.7 Å². The molecule has 44 heavy (non-hydrogen) atoms. The highest BCUT2D eigenvalue weighted by Crippen LogP contribution is 2.12. The lowest BCUT2D eigenvalue weighted by Gasteiger charge is -2.09. The van der Waals surface area contributed by atoms with Gasteiger partial charge in [0.2, 0.25) is 0 Å². The first-order chi connectivity index (χ1) is 21.6. The van der Waals surface area contributed by atoms with Gasteiger partial charge in [0.1, 0.15) is 0 Å². The highest BCUT2D eigenvalue weighted by molar-refractivity contribution is 7.86. The lowest BCUT2D eigenvalue weighted by atomic mass is 10.2. The molecule has 0 spiro atoms. The highest BCUT2D eigenvalue weighted by Gasteiger charge is 2.14. The number of benzene rings is 1. The summed E-state index contributed by atoms with van der Waals surface area (Å²) in [6.07, 6.45) is 1.02. The second kappa shape index (κ2) is 30.4. The van der Waals surface area contributed by atoms with Crippen LogP contribution in [-0.4, -0.2) is 147 Å². The van der Waals surface area contributed by atoms with E-state index in [9.17, 15) is 8.42 Å². The Bertz CT molecular complexity index is 840. The minimum Gasteiger partial charge on any atom is -0.379 e. The van der Waals surface area contributed by atoms with Gasteiger partial charge in [0.05, 0.1) is 137 Å². The number of ether oxygens (including phenoxy) is 10. The summed E-state index contributed by atoms with van der Waals surface area (Å²) >= 11 is 0. The zero-order valence-corrected chi connectivity index (χ0v) is 27.4. The normalized spacial score (nSPS) is 11.9. The third-order valence-corrected chi connectivity index (χ3v) is 6.80. The van der Waals surface area contributed by atoms with Gasteiger partial charge in [-0.2, -0.15) is 8.42 Å². The number of aryl methyl sites for hydroxylation is 1. The predicted molar refractivity (Wildman–Crippen MR) is 163 cm³/mol. The van der Waals surface area contributed by atoms with Crippen LogP contribution >= 0.6 is 0 Å². The summed E-state index contributed by atoms with van der Waals surface area (Å²) in [6.45, 7) is 13.7. The molecule has 13 nitrogen and oxygen atoms in total. The molecule has 0 N–H and O–H groups in total. The molecule has 0 aliphatic rings. The Labute approximate surface area is 263 Å². The maximum atomic E-state index is 12.1. The molecular formula is C30H54O13S. The van der Waals surface area contributed by atoms with Crippen molar-refractivity contribution in [2.75, 3.05) is 139 Å². The number of hydrogen-bond donors (Lipinski definition) is 0. The molecule has 258 valence electrons. The molecule has 0 atom stereocenters. The van der Waals surface area contributed by atoms with Crippen molar-refractivity contribution in [3.8, 4) is 0 Å². The van der Waals surface area contributed by atoms with E-state index in [1.807, 2.05) is 6.92 Å². The lowest BCUT2D eigenvalue weighted by molar-refractivity contribution is -0.0266. The largest absolute Gasteiger partial charge is 0.379 e. The molecule has 0 heterocycles. The molecule has 0 bridgehead atoms. The van der Waals surface area contributed by atoms with Crippen molar-refractivity contribution < 1.29 is 60.0 Å². The Hall–Kier alpha value is -1.27. The fraction of sp³-hybridized carbons (Fsp3) is 0.800. The highest BCUT2D eigenvalue weighted by atomic mass is 32.2. The fourth-order valence-corrected chi connectivity index (χ4v) is 4.09. The quantitative estimate of drug-likeness (QED) is 0.0795. The monoisotopic (exact) mass is 654 g/mol. The molecule has 0 aromatic heterocycles. The van der Waals surface area contributed by atoms with Crippen LogP contribution in [0.4, 0.5) is 0 Å². The molecule has 14 heteroatoms. The van der Waals surface area contributed by atoms with E-state index in [1.165, 1.54) is 12.1 Å². The van der Waals surface area contributed by atoms with Crippen LogP contribution in [0.2, 0.25) is 0 Å². The van der Waals surface area contributed by atoms with Gasteiger partial charge in [-0.1, -0.05) is 24.6 Å². The first-order valence-corrected chi connectivity index (χ1v) is 16.7. The van der Waals surface area contributed by atoms with E-state index in [0.717, 1.165) is 18.6 Å². The second-order valence-electron chi connectivity index (χ2n) is 9.21. The van der Waals surface area contributed by atoms with Crippen molar-refractivity contribution >= 4 is 10.1 Å². The van der Waals surface area contributed by atoms with Crippen LogP contribution in [0, 0.1) is 6.92 Å². The number of hydrogen-bond acceptors (Lipinski definition) is 13. The average molecular weight is 655 g/mol. The molecule has 0 amide bonds. The van der Waals surface area contributed by atoms with Crippen LogP contribution in [0.3, 0.4) is 0 Å². The topological polar surface area (TPSA) is 136 Å². The standard InChI is InChI=1S/C30H54O13S/c1-3-8-33-9-10-34-11-12-35-13-14-36-15-16-37-17-18-38-19-20-39-21-22-40-23-24-41-25-26-42-27-28-43-44(31,32)30-6-4-29(2)5-7-30/h4-7H,3,8-28H2,1-2H3. The van der Waals surface area contributed by atoms with Crippen LogP contribution in [0.5, 0.6) is 0 Å². The molecule has 0 saturated heterocycles. The summed E-state index contributed by atoms with van der Waals surface area (Å²) in [7, 11) is -3.77. The van der Waals surface area contributed by atoms with Gasteiger partial charge in [-0.05, 0) is 25.5 Å². The molecule has 0 aliphatic heterocycles. The van der Waals surface area contributed by atoms with E-state index in [4.69, 9.17) is 51.6 Å². The molecule has 0 aliphatic carbocycles. The summed E-state index contributed by atoms with van der Waals surface area (Å²) in [5.74, 6) is 0. The van der Waals surface area contributed by atoms with Gasteiger partial charge in [0.25, 0.3) is 10.1 Å². The Balaban J connectivity index is 1.69. The van der Waals surface area contributed by atoms with Crippen LogP contribution in [0.15, 0.2) is 29.2 Å². The maximum Gasteiger partial charge on any atom is 0.297 e. The van der Waals surface area contributed by atoms with Crippen LogP contribution in [0.25, 0.3) is 0 Å². The first kappa shape index (κ1) is 40.8. The van der Waals surface area contributed by atoms with Gasteiger partial charge in [0.15, 0.2) is 0 Å². The van der Waals surface area contributed by atoms with E-state index < -0.39 is 10.1 Å². The van der Waals surface area contributed by atoms with Crippen molar-refractivity contribution in [2.45, 2.75) is 25.2 Å². The van der Waals surface area contributed by atoms with Crippen molar-refractivity contribution in [1.82, 2.24) is 0 Å². The average Bonchev–Trinajstić information content (AvgIpc) is 3.02. The van der Waals surface area contributed by atoms with Crippen molar-refractivity contribution in [3.63, 3.8) is 0 Å². The molecular weight excluding hydrogens is 600 g/mol. The van der Waals surface area contributed by atoms with Crippen LogP contribution < -0.4 is 0 Å². The summed E-state index contributed by atoms with van der Waals surface area (Å²) < 4.78 is 83.3. The summed E-state index contributed by atoms with van der Waals surface area (Å²) in [6, 6.07) is 6.48. The third kappa shape index (κ3) is 26.0. The molecule has 1 aromatic rings. The number of rotatable bonds is 34. The van der Waals surface area contributed by atoms with Crippen molar-refractivity contribution in [1.29, 1.82) is 0 Å². The van der Waals surface area contributed by atoms with Crippen LogP contribution in [0.1, 0.15) is 18.9 Å². The molecule has 1 rings (SSSR count). The Morgan fingerprint density at radius 2 is 0.659 bits per heavy atom. The van der Waals surface area contributed by atoms with Gasteiger partial charge < -0.3 is 47.4 Å². The summed E-state index contributed by atoms with van der Waals surface area (Å²) in [4.78, 5) is 0.130. The zero-order valence-electron chi connectivity index (χ0n) is 26.6. The molecule has 0 fully saturated rings. The smallest absolute Gasteiger partial charge is 0.297 e. The van der Waals surface area contributed by atoms with Gasteiger partial charge in [-0.3, -0.25) is 4.18 Å². The minimum absolute atomic E-state index is 0.0569. The van der Waals surface area contributed by atoms with Gasteiger partial charge in [0, 0.05) is 6.61 Å². The second-order valence-corrected chi connectivity index (χ2v) is 10.8. The van der Waals surface area contributed by atoms with Crippen molar-refractivity contribution in [2.24, 2.45) is 0 Å². The van der Waals surface area contributed by atoms with Gasteiger partial charge in [-0.25, -0.2) is 0 Å². The molecule has 1 aromatic carbocycles. The maximum absolute atomic E-state index is 12.1. The van der Waals surface area contributed by atoms with Gasteiger partial charge >= 0.3 is 0 Å². The molecule has 0 radical (unpaired) electrons. The van der Waals surface area contributed by atoms with E-state index in [-0.39, 0.29) is 18.1 Å². The Kier molecular flexibility index (Phi) is 28.1. The molecule has 0 unspecified atom stereocenters. The third-order valence-electron chi connectivity index (χ3n) is 5.47. The fourth-order valence-electron chi connectivity index (χ4n) is 3.20.